The zero-order valence-corrected chi connectivity index (χ0v) is 31.9. The van der Waals surface area contributed by atoms with Crippen LogP contribution in [0.3, 0.4) is 0 Å². The Hall–Kier alpha value is 0.440. The van der Waals surface area contributed by atoms with Gasteiger partial charge in [-0.05, 0) is 76.0 Å². The Kier molecular flexibility index (Phi) is 29.2. The van der Waals surface area contributed by atoms with Crippen molar-refractivity contribution < 1.29 is 42.9 Å². The summed E-state index contributed by atoms with van der Waals surface area (Å²) in [6, 6.07) is 0. The fourth-order valence-electron chi connectivity index (χ4n) is 7.60. The lowest BCUT2D eigenvalue weighted by atomic mass is 10.0. The highest BCUT2D eigenvalue weighted by molar-refractivity contribution is 5.00. The van der Waals surface area contributed by atoms with Gasteiger partial charge in [0.1, 0.15) is 13.1 Å². The molecule has 2 rings (SSSR count). The predicted molar refractivity (Wildman–Crippen MR) is 179 cm³/mol. The van der Waals surface area contributed by atoms with Gasteiger partial charge in [0.2, 0.25) is 0 Å². The van der Waals surface area contributed by atoms with Crippen molar-refractivity contribution in [1.29, 1.82) is 0 Å². The normalized spacial score (nSPS) is 17.5. The Labute approximate surface area is 286 Å². The van der Waals surface area contributed by atoms with E-state index in [-0.39, 0.29) is 34.0 Å². The fraction of sp³-hybridized carbons (Fsp3) is 0.947. The highest BCUT2D eigenvalue weighted by Gasteiger charge is 2.30. The maximum atomic E-state index is 3.80. The van der Waals surface area contributed by atoms with Crippen molar-refractivity contribution in [2.24, 2.45) is 0 Å². The molecule has 0 aromatic rings. The zero-order valence-electron chi connectivity index (χ0n) is 28.7. The van der Waals surface area contributed by atoms with E-state index in [4.69, 9.17) is 0 Å². The van der Waals surface area contributed by atoms with E-state index in [0.717, 1.165) is 13.1 Å². The first-order valence-corrected chi connectivity index (χ1v) is 18.9. The lowest BCUT2D eigenvalue weighted by Crippen LogP contribution is -3.00. The lowest BCUT2D eigenvalue weighted by molar-refractivity contribution is -0.927. The van der Waals surface area contributed by atoms with Crippen LogP contribution in [0.4, 0.5) is 0 Å². The molecule has 0 atom stereocenters. The van der Waals surface area contributed by atoms with Crippen LogP contribution in [0.1, 0.15) is 181 Å². The van der Waals surface area contributed by atoms with Gasteiger partial charge in [-0.3, -0.25) is 0 Å². The van der Waals surface area contributed by atoms with E-state index >= 15 is 0 Å². The molecule has 0 bridgehead atoms. The van der Waals surface area contributed by atoms with E-state index in [1.165, 1.54) is 215 Å². The highest BCUT2D eigenvalue weighted by atomic mass is 79.9. The summed E-state index contributed by atoms with van der Waals surface area (Å²) in [5.41, 5.74) is 0. The number of unbranched alkanes of at least 4 members (excludes halogenated alkanes) is 18. The van der Waals surface area contributed by atoms with Gasteiger partial charge in [0, 0.05) is 0 Å². The summed E-state index contributed by atoms with van der Waals surface area (Å²) in [5, 5.41) is 0. The minimum atomic E-state index is 0. The third-order valence-electron chi connectivity index (χ3n) is 10.5. The number of nitrogens with zero attached hydrogens (tertiary/aromatic N) is 2. The van der Waals surface area contributed by atoms with Gasteiger partial charge >= 0.3 is 0 Å². The van der Waals surface area contributed by atoms with Crippen LogP contribution < -0.4 is 34.0 Å². The number of halogens is 2. The Balaban J connectivity index is 0.00000840. The molecule has 0 unspecified atom stereocenters. The smallest absolute Gasteiger partial charge is 0.141 e. The molecular formula is C38H74Br2N2. The van der Waals surface area contributed by atoms with E-state index in [2.05, 4.69) is 25.7 Å². The van der Waals surface area contributed by atoms with E-state index in [1.807, 2.05) is 0 Å². The molecule has 42 heavy (non-hydrogen) atoms. The maximum absolute atomic E-state index is 3.80. The Morgan fingerprint density at radius 1 is 0.357 bits per heavy atom. The molecule has 2 nitrogen and oxygen atoms in total. The van der Waals surface area contributed by atoms with Gasteiger partial charge in [0.05, 0.1) is 39.3 Å². The summed E-state index contributed by atoms with van der Waals surface area (Å²) in [7, 11) is 0. The molecule has 2 fully saturated rings. The van der Waals surface area contributed by atoms with Crippen molar-refractivity contribution in [2.45, 2.75) is 181 Å². The fourth-order valence-corrected chi connectivity index (χ4v) is 7.60. The van der Waals surface area contributed by atoms with Crippen LogP contribution >= 0.6 is 0 Å². The molecule has 0 spiro atoms. The van der Waals surface area contributed by atoms with Crippen LogP contribution in [0.15, 0.2) is 0 Å². The largest absolute Gasteiger partial charge is 1.00 e. The number of hydrogen-bond acceptors (Lipinski definition) is 0. The van der Waals surface area contributed by atoms with Crippen molar-refractivity contribution in [3.8, 4) is 11.8 Å². The zero-order chi connectivity index (χ0) is 28.5. The summed E-state index contributed by atoms with van der Waals surface area (Å²) in [5.74, 6) is 7.60. The number of quaternary nitrogens is 2. The maximum Gasteiger partial charge on any atom is 0.141 e. The second kappa shape index (κ2) is 28.9. The summed E-state index contributed by atoms with van der Waals surface area (Å²) in [4.78, 5) is 0. The van der Waals surface area contributed by atoms with Crippen LogP contribution in [-0.2, 0) is 0 Å². The van der Waals surface area contributed by atoms with Crippen molar-refractivity contribution in [2.75, 3.05) is 52.4 Å². The Bertz CT molecular complexity index is 577. The summed E-state index contributed by atoms with van der Waals surface area (Å²) >= 11 is 0. The van der Waals surface area contributed by atoms with Gasteiger partial charge in [-0.15, -0.1) is 0 Å². The number of hydrogen-bond donors (Lipinski definition) is 0. The standard InChI is InChI=1S/C38H74N2.2BrH/c1-3-5-7-9-11-13-15-17-19-23-31-39(33-25-21-26-34-39)37-29-30-38-40(35-27-22-28-36-40)32-24-20-18-16-14-12-10-8-6-4-2;;/h3-28,31-38H2,1-2H3;2*1H/q+2;;/p-2. The van der Waals surface area contributed by atoms with E-state index in [9.17, 15) is 0 Å². The van der Waals surface area contributed by atoms with Gasteiger partial charge in [0.25, 0.3) is 0 Å². The highest BCUT2D eigenvalue weighted by Crippen LogP contribution is 2.22. The molecule has 250 valence electrons. The summed E-state index contributed by atoms with van der Waals surface area (Å²) < 4.78 is 2.64. The Morgan fingerprint density at radius 3 is 0.905 bits per heavy atom. The first kappa shape index (κ1) is 42.4. The van der Waals surface area contributed by atoms with E-state index < -0.39 is 0 Å². The molecule has 0 radical (unpaired) electrons. The molecule has 0 amide bonds. The monoisotopic (exact) mass is 716 g/mol. The van der Waals surface area contributed by atoms with Crippen LogP contribution in [0.5, 0.6) is 0 Å². The van der Waals surface area contributed by atoms with Crippen LogP contribution in [0.2, 0.25) is 0 Å². The minimum Gasteiger partial charge on any atom is -1.00 e. The minimum absolute atomic E-state index is 0. The van der Waals surface area contributed by atoms with Gasteiger partial charge in [0.15, 0.2) is 0 Å². The first-order valence-electron chi connectivity index (χ1n) is 18.9. The second-order valence-electron chi connectivity index (χ2n) is 14.2. The van der Waals surface area contributed by atoms with Gasteiger partial charge in [-0.2, -0.15) is 0 Å². The van der Waals surface area contributed by atoms with Gasteiger partial charge in [-0.25, -0.2) is 0 Å². The third-order valence-corrected chi connectivity index (χ3v) is 10.5. The number of likely N-dealkylation sites (tertiary alicyclic amines) is 2. The summed E-state index contributed by atoms with van der Waals surface area (Å²) in [6.45, 7) is 15.3. The quantitative estimate of drug-likeness (QED) is 0.0763. The average Bonchev–Trinajstić information content (AvgIpc) is 2.98. The first-order chi connectivity index (χ1) is 19.7. The van der Waals surface area contributed by atoms with Gasteiger partial charge < -0.3 is 42.9 Å². The average molecular weight is 719 g/mol. The molecule has 4 heteroatoms. The molecule has 0 saturated carbocycles. The van der Waals surface area contributed by atoms with Crippen LogP contribution in [-0.4, -0.2) is 61.3 Å². The molecule has 0 aromatic heterocycles. The van der Waals surface area contributed by atoms with E-state index in [0.29, 0.717) is 0 Å². The van der Waals surface area contributed by atoms with Crippen molar-refractivity contribution in [1.82, 2.24) is 0 Å². The van der Waals surface area contributed by atoms with Gasteiger partial charge in [-0.1, -0.05) is 117 Å². The molecule has 2 saturated heterocycles. The molecule has 2 aliphatic heterocycles. The SMILES string of the molecule is CCCCCCCCCCCC[N+]1(CC#CC[N+]2(CCCCCCCCCCCC)CCCCC2)CCCCC1.[Br-].[Br-]. The van der Waals surface area contributed by atoms with Crippen molar-refractivity contribution >= 4 is 0 Å². The molecule has 2 heterocycles. The molecule has 0 aliphatic carbocycles. The third kappa shape index (κ3) is 20.5. The molecule has 2 aliphatic rings. The Morgan fingerprint density at radius 2 is 0.619 bits per heavy atom. The van der Waals surface area contributed by atoms with Crippen molar-refractivity contribution in [3.63, 3.8) is 0 Å². The van der Waals surface area contributed by atoms with E-state index in [1.54, 1.807) is 0 Å². The van der Waals surface area contributed by atoms with Crippen LogP contribution in [0, 0.1) is 11.8 Å². The number of piperidine rings is 2. The lowest BCUT2D eigenvalue weighted by Gasteiger charge is -2.41. The molecule has 0 N–H and O–H groups in total. The molecule has 0 aromatic carbocycles. The topological polar surface area (TPSA) is 0 Å². The summed E-state index contributed by atoms with van der Waals surface area (Å²) in [6.07, 6.45) is 37.5. The molecular weight excluding hydrogens is 644 g/mol. The predicted octanol–water partition coefficient (Wildman–Crippen LogP) is 4.84. The van der Waals surface area contributed by atoms with Crippen LogP contribution in [0.25, 0.3) is 0 Å². The second-order valence-corrected chi connectivity index (χ2v) is 14.2. The number of rotatable bonds is 24. The van der Waals surface area contributed by atoms with Crippen molar-refractivity contribution in [3.05, 3.63) is 0 Å².